The molecule has 0 bridgehead atoms. The van der Waals surface area contributed by atoms with E-state index in [4.69, 9.17) is 14.2 Å². The van der Waals surface area contributed by atoms with Gasteiger partial charge in [0.05, 0.1) is 0 Å². The minimum Gasteiger partial charge on any atom is -0.462 e. The Balaban J connectivity index is 4.58. The molecule has 0 aromatic rings. The number of rotatable bonds is 41. The fourth-order valence-electron chi connectivity index (χ4n) is 5.98. The monoisotopic (exact) mass is 831 g/mol. The topological polar surface area (TPSA) is 78.9 Å². The molecular weight excluding hydrogens is 745 g/mol. The van der Waals surface area contributed by atoms with Gasteiger partial charge in [-0.2, -0.15) is 0 Å². The lowest BCUT2D eigenvalue weighted by Gasteiger charge is -2.18. The van der Waals surface area contributed by atoms with Gasteiger partial charge in [-0.05, 0) is 103 Å². The van der Waals surface area contributed by atoms with E-state index in [0.717, 1.165) is 103 Å². The van der Waals surface area contributed by atoms with Gasteiger partial charge >= 0.3 is 17.9 Å². The first-order chi connectivity index (χ1) is 29.5. The Morgan fingerprint density at radius 2 is 0.700 bits per heavy atom. The second kappa shape index (κ2) is 47.7. The van der Waals surface area contributed by atoms with Gasteiger partial charge in [0.25, 0.3) is 0 Å². The van der Waals surface area contributed by atoms with Crippen LogP contribution >= 0.6 is 0 Å². The van der Waals surface area contributed by atoms with E-state index in [-0.39, 0.29) is 38.0 Å². The molecule has 0 aliphatic heterocycles. The minimum absolute atomic E-state index is 0.128. The molecule has 0 rings (SSSR count). The molecule has 0 N–H and O–H groups in total. The van der Waals surface area contributed by atoms with Crippen LogP contribution in [0.5, 0.6) is 0 Å². The van der Waals surface area contributed by atoms with Gasteiger partial charge in [0.2, 0.25) is 0 Å². The molecule has 1 unspecified atom stereocenters. The Hall–Kier alpha value is -3.93. The predicted molar refractivity (Wildman–Crippen MR) is 256 cm³/mol. The zero-order valence-corrected chi connectivity index (χ0v) is 38.4. The maximum absolute atomic E-state index is 12.7. The van der Waals surface area contributed by atoms with Crippen LogP contribution in [0.4, 0.5) is 0 Å². The molecule has 0 aromatic carbocycles. The molecule has 0 aliphatic carbocycles. The fraction of sp³-hybridized carbons (Fsp3) is 0.611. The summed E-state index contributed by atoms with van der Waals surface area (Å²) in [4.78, 5) is 37.8. The van der Waals surface area contributed by atoms with Crippen molar-refractivity contribution in [3.63, 3.8) is 0 Å². The molecule has 0 radical (unpaired) electrons. The van der Waals surface area contributed by atoms with Crippen molar-refractivity contribution in [2.24, 2.45) is 0 Å². The first-order valence-corrected chi connectivity index (χ1v) is 23.9. The summed E-state index contributed by atoms with van der Waals surface area (Å²) >= 11 is 0. The van der Waals surface area contributed by atoms with Gasteiger partial charge in [-0.25, -0.2) is 0 Å². The van der Waals surface area contributed by atoms with Gasteiger partial charge in [-0.3, -0.25) is 14.4 Å². The van der Waals surface area contributed by atoms with Crippen molar-refractivity contribution in [2.75, 3.05) is 13.2 Å². The average molecular weight is 831 g/mol. The predicted octanol–water partition coefficient (Wildman–Crippen LogP) is 15.6. The maximum atomic E-state index is 12.7. The number of allylic oxidation sites excluding steroid dienone is 18. The van der Waals surface area contributed by atoms with E-state index in [9.17, 15) is 14.4 Å². The highest BCUT2D eigenvalue weighted by Crippen LogP contribution is 2.11. The summed E-state index contributed by atoms with van der Waals surface area (Å²) in [6.07, 6.45) is 63.8. The third-order valence-corrected chi connectivity index (χ3v) is 9.51. The molecule has 0 fully saturated rings. The number of carbonyl (C=O) groups is 3. The number of esters is 3. The second-order valence-electron chi connectivity index (χ2n) is 15.2. The van der Waals surface area contributed by atoms with Crippen molar-refractivity contribution in [1.82, 2.24) is 0 Å². The van der Waals surface area contributed by atoms with E-state index in [1.54, 1.807) is 0 Å². The van der Waals surface area contributed by atoms with Crippen LogP contribution in [0.15, 0.2) is 109 Å². The van der Waals surface area contributed by atoms with Crippen LogP contribution in [-0.2, 0) is 28.6 Å². The van der Waals surface area contributed by atoms with E-state index in [2.05, 4.69) is 124 Å². The summed E-state index contributed by atoms with van der Waals surface area (Å²) in [5, 5.41) is 0. The lowest BCUT2D eigenvalue weighted by Crippen LogP contribution is -2.30. The number of unbranched alkanes of at least 4 members (excludes halogenated alkanes) is 12. The number of hydrogen-bond acceptors (Lipinski definition) is 6. The molecule has 0 heterocycles. The lowest BCUT2D eigenvalue weighted by molar-refractivity contribution is -0.166. The van der Waals surface area contributed by atoms with Gasteiger partial charge in [0.15, 0.2) is 6.10 Å². The van der Waals surface area contributed by atoms with E-state index in [1.807, 2.05) is 6.08 Å². The molecule has 0 saturated heterocycles. The zero-order chi connectivity index (χ0) is 43.7. The number of hydrogen-bond donors (Lipinski definition) is 0. The Morgan fingerprint density at radius 1 is 0.350 bits per heavy atom. The van der Waals surface area contributed by atoms with Crippen LogP contribution in [0.2, 0.25) is 0 Å². The summed E-state index contributed by atoms with van der Waals surface area (Å²) < 4.78 is 16.6. The van der Waals surface area contributed by atoms with Gasteiger partial charge in [-0.1, -0.05) is 182 Å². The van der Waals surface area contributed by atoms with Crippen molar-refractivity contribution in [3.8, 4) is 0 Å². The molecule has 0 amide bonds. The van der Waals surface area contributed by atoms with Crippen LogP contribution in [0, 0.1) is 0 Å². The largest absolute Gasteiger partial charge is 0.462 e. The van der Waals surface area contributed by atoms with Crippen molar-refractivity contribution in [3.05, 3.63) is 109 Å². The summed E-state index contributed by atoms with van der Waals surface area (Å²) in [6, 6.07) is 0. The smallest absolute Gasteiger partial charge is 0.306 e. The van der Waals surface area contributed by atoms with Gasteiger partial charge in [-0.15, -0.1) is 0 Å². The van der Waals surface area contributed by atoms with Crippen molar-refractivity contribution < 1.29 is 28.6 Å². The molecule has 1 atom stereocenters. The third-order valence-electron chi connectivity index (χ3n) is 9.51. The highest BCUT2D eigenvalue weighted by molar-refractivity contribution is 5.71. The molecule has 60 heavy (non-hydrogen) atoms. The average Bonchev–Trinajstić information content (AvgIpc) is 3.24. The Kier molecular flexibility index (Phi) is 44.6. The van der Waals surface area contributed by atoms with Crippen LogP contribution in [0.25, 0.3) is 0 Å². The molecule has 338 valence electrons. The molecule has 0 aliphatic rings. The summed E-state index contributed by atoms with van der Waals surface area (Å²) in [5.74, 6) is -1.08. The van der Waals surface area contributed by atoms with E-state index < -0.39 is 12.1 Å². The third kappa shape index (κ3) is 45.2. The Labute approximate surface area is 368 Å². The fourth-order valence-corrected chi connectivity index (χ4v) is 5.98. The van der Waals surface area contributed by atoms with Crippen LogP contribution in [-0.4, -0.2) is 37.2 Å². The molecular formula is C54H86O6. The Bertz CT molecular complexity index is 1280. The number of ether oxygens (including phenoxy) is 3. The van der Waals surface area contributed by atoms with Crippen molar-refractivity contribution in [2.45, 2.75) is 200 Å². The maximum Gasteiger partial charge on any atom is 0.306 e. The standard InChI is InChI=1S/C54H86O6/c1-4-7-10-13-16-19-22-25-26-27-28-30-32-35-38-41-44-47-53(56)59-50-51(49-58-52(55)46-43-40-37-34-31-24-21-18-15-12-9-6-3)60-54(57)48-45-42-39-36-33-29-23-20-17-14-11-8-5-2/h7,9-10,12,16,18-19,21,25-26,28-30,33,35,38-39,42,51H,4-6,8,11,13-15,17,20,22-24,27,31-32,34,36-37,40-41,43-50H2,1-3H3/b10-7-,12-9-,19-16-,21-18-,26-25-,30-28-,33-29-,38-35-,42-39-. The molecule has 6 heteroatoms. The summed E-state index contributed by atoms with van der Waals surface area (Å²) in [7, 11) is 0. The zero-order valence-electron chi connectivity index (χ0n) is 38.4. The van der Waals surface area contributed by atoms with E-state index in [1.165, 1.54) is 38.5 Å². The highest BCUT2D eigenvalue weighted by atomic mass is 16.6. The van der Waals surface area contributed by atoms with Crippen LogP contribution in [0.3, 0.4) is 0 Å². The van der Waals surface area contributed by atoms with Gasteiger partial charge in [0.1, 0.15) is 13.2 Å². The van der Waals surface area contributed by atoms with E-state index >= 15 is 0 Å². The number of carbonyl (C=O) groups excluding carboxylic acids is 3. The normalized spacial score (nSPS) is 13.1. The van der Waals surface area contributed by atoms with Crippen LogP contribution in [0.1, 0.15) is 194 Å². The first kappa shape index (κ1) is 56.1. The summed E-state index contributed by atoms with van der Waals surface area (Å²) in [6.45, 7) is 6.26. The second-order valence-corrected chi connectivity index (χ2v) is 15.2. The molecule has 0 spiro atoms. The molecule has 0 aromatic heterocycles. The van der Waals surface area contributed by atoms with Crippen LogP contribution < -0.4 is 0 Å². The van der Waals surface area contributed by atoms with Crippen molar-refractivity contribution >= 4 is 17.9 Å². The highest BCUT2D eigenvalue weighted by Gasteiger charge is 2.19. The lowest BCUT2D eigenvalue weighted by atomic mass is 10.1. The summed E-state index contributed by atoms with van der Waals surface area (Å²) in [5.41, 5.74) is 0. The van der Waals surface area contributed by atoms with Gasteiger partial charge < -0.3 is 14.2 Å². The first-order valence-electron chi connectivity index (χ1n) is 23.9. The quantitative estimate of drug-likeness (QED) is 0.0264. The Morgan fingerprint density at radius 3 is 1.15 bits per heavy atom. The van der Waals surface area contributed by atoms with Gasteiger partial charge in [0, 0.05) is 19.3 Å². The van der Waals surface area contributed by atoms with E-state index in [0.29, 0.717) is 19.3 Å². The molecule has 0 saturated carbocycles. The molecule has 6 nitrogen and oxygen atoms in total. The minimum atomic E-state index is -0.837. The SMILES string of the molecule is CC/C=C\C/C=C\C/C=C\C/C=C\C/C=C\CCCC(=O)OCC(COC(=O)CCCCCCC/C=C\C/C=C\CC)OC(=O)CC/C=C\C/C=C\CCCCCCCC. The van der Waals surface area contributed by atoms with Crippen molar-refractivity contribution in [1.29, 1.82) is 0 Å².